The highest BCUT2D eigenvalue weighted by molar-refractivity contribution is 7.92. The van der Waals surface area contributed by atoms with Crippen LogP contribution < -0.4 is 14.8 Å². The van der Waals surface area contributed by atoms with Crippen molar-refractivity contribution in [2.24, 2.45) is 0 Å². The van der Waals surface area contributed by atoms with E-state index in [0.717, 1.165) is 12.0 Å². The molecule has 0 aliphatic rings. The molecule has 0 unspecified atom stereocenters. The van der Waals surface area contributed by atoms with Gasteiger partial charge in [0.1, 0.15) is 11.5 Å². The van der Waals surface area contributed by atoms with Crippen molar-refractivity contribution >= 4 is 27.3 Å². The standard InChI is InChI=1S/C20H18N2O4S/c1-27(24,25)22-17-9-7-15(8-10-17)20(23)21-16-11-13-19(14-12-16)26-18-5-3-2-4-6-18/h2-14,22H,1H3,(H,21,23). The van der Waals surface area contributed by atoms with Crippen LogP contribution in [0.4, 0.5) is 11.4 Å². The molecule has 0 spiro atoms. The number of amides is 1. The molecule has 1 amide bonds. The minimum Gasteiger partial charge on any atom is -0.457 e. The third-order valence-corrected chi connectivity index (χ3v) is 4.15. The van der Waals surface area contributed by atoms with E-state index in [0.29, 0.717) is 22.7 Å². The molecule has 7 heteroatoms. The normalized spacial score (nSPS) is 10.9. The fourth-order valence-corrected chi connectivity index (χ4v) is 2.90. The molecule has 3 aromatic rings. The summed E-state index contributed by atoms with van der Waals surface area (Å²) in [7, 11) is -3.35. The molecule has 3 aromatic carbocycles. The van der Waals surface area contributed by atoms with Crippen molar-refractivity contribution < 1.29 is 17.9 Å². The van der Waals surface area contributed by atoms with Crippen LogP contribution in [0.2, 0.25) is 0 Å². The van der Waals surface area contributed by atoms with Gasteiger partial charge in [-0.25, -0.2) is 8.42 Å². The zero-order chi connectivity index (χ0) is 19.3. The number of benzene rings is 3. The summed E-state index contributed by atoms with van der Waals surface area (Å²) in [6.07, 6.45) is 1.07. The minimum atomic E-state index is -3.35. The Bertz CT molecular complexity index is 1020. The van der Waals surface area contributed by atoms with E-state index in [4.69, 9.17) is 4.74 Å². The van der Waals surface area contributed by atoms with E-state index in [1.54, 1.807) is 36.4 Å². The van der Waals surface area contributed by atoms with Crippen molar-refractivity contribution in [3.63, 3.8) is 0 Å². The van der Waals surface area contributed by atoms with Crippen LogP contribution in [0, 0.1) is 0 Å². The summed E-state index contributed by atoms with van der Waals surface area (Å²) in [4.78, 5) is 12.3. The Morgan fingerprint density at radius 2 is 1.33 bits per heavy atom. The van der Waals surface area contributed by atoms with E-state index in [1.165, 1.54) is 12.1 Å². The van der Waals surface area contributed by atoms with Crippen molar-refractivity contribution in [2.45, 2.75) is 0 Å². The summed E-state index contributed by atoms with van der Waals surface area (Å²) in [5.41, 5.74) is 1.44. The highest BCUT2D eigenvalue weighted by atomic mass is 32.2. The van der Waals surface area contributed by atoms with E-state index >= 15 is 0 Å². The number of sulfonamides is 1. The SMILES string of the molecule is CS(=O)(=O)Nc1ccc(C(=O)Nc2ccc(Oc3ccccc3)cc2)cc1. The van der Waals surface area contributed by atoms with Crippen LogP contribution in [0.25, 0.3) is 0 Å². The maximum Gasteiger partial charge on any atom is 0.255 e. The number of rotatable bonds is 6. The first-order valence-corrected chi connectivity index (χ1v) is 10.0. The molecule has 0 saturated carbocycles. The maximum atomic E-state index is 12.3. The van der Waals surface area contributed by atoms with E-state index in [2.05, 4.69) is 10.0 Å². The Kier molecular flexibility index (Phi) is 5.42. The summed E-state index contributed by atoms with van der Waals surface area (Å²) in [6.45, 7) is 0. The minimum absolute atomic E-state index is 0.294. The number of para-hydroxylation sites is 1. The largest absolute Gasteiger partial charge is 0.457 e. The van der Waals surface area contributed by atoms with Crippen LogP contribution in [0.3, 0.4) is 0 Å². The lowest BCUT2D eigenvalue weighted by atomic mass is 10.2. The second-order valence-corrected chi connectivity index (χ2v) is 7.59. The number of nitrogens with one attached hydrogen (secondary N) is 2. The smallest absolute Gasteiger partial charge is 0.255 e. The number of anilines is 2. The van der Waals surface area contributed by atoms with E-state index in [9.17, 15) is 13.2 Å². The van der Waals surface area contributed by atoms with Crippen molar-refractivity contribution in [3.8, 4) is 11.5 Å². The molecular weight excluding hydrogens is 364 g/mol. The Labute approximate surface area is 157 Å². The Morgan fingerprint density at radius 1 is 0.778 bits per heavy atom. The zero-order valence-electron chi connectivity index (χ0n) is 14.5. The summed E-state index contributed by atoms with van der Waals surface area (Å²) in [5, 5.41) is 2.78. The first kappa shape index (κ1) is 18.5. The molecule has 0 saturated heterocycles. The van der Waals surface area contributed by atoms with E-state index in [1.807, 2.05) is 30.3 Å². The lowest BCUT2D eigenvalue weighted by molar-refractivity contribution is 0.102. The molecule has 27 heavy (non-hydrogen) atoms. The molecule has 0 aromatic heterocycles. The fraction of sp³-hybridized carbons (Fsp3) is 0.0500. The molecule has 2 N–H and O–H groups in total. The molecule has 0 fully saturated rings. The third-order valence-electron chi connectivity index (χ3n) is 3.54. The fourth-order valence-electron chi connectivity index (χ4n) is 2.34. The van der Waals surface area contributed by atoms with Gasteiger partial charge in [-0.2, -0.15) is 0 Å². The monoisotopic (exact) mass is 382 g/mol. The highest BCUT2D eigenvalue weighted by Gasteiger charge is 2.08. The number of hydrogen-bond donors (Lipinski definition) is 2. The van der Waals surface area contributed by atoms with Crippen LogP contribution in [-0.4, -0.2) is 20.6 Å². The molecule has 6 nitrogen and oxygen atoms in total. The second-order valence-electron chi connectivity index (χ2n) is 5.85. The topological polar surface area (TPSA) is 84.5 Å². The zero-order valence-corrected chi connectivity index (χ0v) is 15.4. The van der Waals surface area contributed by atoms with Gasteiger partial charge in [0.2, 0.25) is 10.0 Å². The van der Waals surface area contributed by atoms with Crippen molar-refractivity contribution in [3.05, 3.63) is 84.4 Å². The van der Waals surface area contributed by atoms with Gasteiger partial charge in [-0.15, -0.1) is 0 Å². The molecule has 0 radical (unpaired) electrons. The van der Waals surface area contributed by atoms with Gasteiger partial charge in [0.25, 0.3) is 5.91 Å². The summed E-state index contributed by atoms with van der Waals surface area (Å²) in [6, 6.07) is 22.6. The van der Waals surface area contributed by atoms with Crippen LogP contribution in [0.15, 0.2) is 78.9 Å². The second kappa shape index (κ2) is 7.92. The number of ether oxygens (including phenoxy) is 1. The van der Waals surface area contributed by atoms with Crippen molar-refractivity contribution in [1.82, 2.24) is 0 Å². The van der Waals surface area contributed by atoms with Gasteiger partial charge in [-0.1, -0.05) is 18.2 Å². The molecule has 0 bridgehead atoms. The maximum absolute atomic E-state index is 12.3. The molecule has 0 heterocycles. The molecule has 0 aliphatic carbocycles. The van der Waals surface area contributed by atoms with Gasteiger partial charge in [-0.05, 0) is 60.7 Å². The molecular formula is C20H18N2O4S. The van der Waals surface area contributed by atoms with Crippen molar-refractivity contribution in [1.29, 1.82) is 0 Å². The summed E-state index contributed by atoms with van der Waals surface area (Å²) >= 11 is 0. The number of carbonyl (C=O) groups is 1. The van der Waals surface area contributed by atoms with Crippen LogP contribution in [0.5, 0.6) is 11.5 Å². The van der Waals surface area contributed by atoms with Crippen LogP contribution in [0.1, 0.15) is 10.4 Å². The predicted molar refractivity (Wildman–Crippen MR) is 106 cm³/mol. The number of carbonyl (C=O) groups excluding carboxylic acids is 1. The Hall–Kier alpha value is -3.32. The third kappa shape index (κ3) is 5.58. The first-order chi connectivity index (χ1) is 12.9. The quantitative estimate of drug-likeness (QED) is 0.672. The average Bonchev–Trinajstić information content (AvgIpc) is 2.63. The van der Waals surface area contributed by atoms with Gasteiger partial charge in [0, 0.05) is 16.9 Å². The van der Waals surface area contributed by atoms with Gasteiger partial charge in [-0.3, -0.25) is 9.52 Å². The molecule has 3 rings (SSSR count). The van der Waals surface area contributed by atoms with E-state index < -0.39 is 10.0 Å². The summed E-state index contributed by atoms with van der Waals surface area (Å²) < 4.78 is 30.5. The summed E-state index contributed by atoms with van der Waals surface area (Å²) in [5.74, 6) is 1.10. The lowest BCUT2D eigenvalue weighted by Gasteiger charge is -2.09. The Balaban J connectivity index is 1.62. The van der Waals surface area contributed by atoms with E-state index in [-0.39, 0.29) is 5.91 Å². The van der Waals surface area contributed by atoms with Crippen molar-refractivity contribution in [2.75, 3.05) is 16.3 Å². The predicted octanol–water partition coefficient (Wildman–Crippen LogP) is 4.10. The lowest BCUT2D eigenvalue weighted by Crippen LogP contribution is -2.12. The van der Waals surface area contributed by atoms with Gasteiger partial charge < -0.3 is 10.1 Å². The molecule has 138 valence electrons. The van der Waals surface area contributed by atoms with Gasteiger partial charge in [0.05, 0.1) is 6.26 Å². The Morgan fingerprint density at radius 3 is 1.93 bits per heavy atom. The van der Waals surface area contributed by atoms with Crippen LogP contribution in [-0.2, 0) is 10.0 Å². The van der Waals surface area contributed by atoms with Gasteiger partial charge in [0.15, 0.2) is 0 Å². The highest BCUT2D eigenvalue weighted by Crippen LogP contribution is 2.23. The molecule has 0 atom stereocenters. The van der Waals surface area contributed by atoms with Gasteiger partial charge >= 0.3 is 0 Å². The average molecular weight is 382 g/mol. The molecule has 0 aliphatic heterocycles. The first-order valence-electron chi connectivity index (χ1n) is 8.11. The van der Waals surface area contributed by atoms with Crippen LogP contribution >= 0.6 is 0 Å². The number of hydrogen-bond acceptors (Lipinski definition) is 4.